The predicted octanol–water partition coefficient (Wildman–Crippen LogP) is 5.20. The maximum atomic E-state index is 13.4. The van der Waals surface area contributed by atoms with Crippen LogP contribution in [0.2, 0.25) is 0 Å². The average molecular weight is 368 g/mol. The molecule has 0 fully saturated rings. The van der Waals surface area contributed by atoms with Crippen LogP contribution in [0.25, 0.3) is 0 Å². The third-order valence-electron chi connectivity index (χ3n) is 3.37. The molecule has 0 saturated heterocycles. The second-order valence-corrected chi connectivity index (χ2v) is 6.97. The number of thioether (sulfide) groups is 1. The summed E-state index contributed by atoms with van der Waals surface area (Å²) in [6.45, 7) is 2.15. The van der Waals surface area contributed by atoms with E-state index in [9.17, 15) is 4.39 Å². The van der Waals surface area contributed by atoms with Gasteiger partial charge in [-0.05, 0) is 60.7 Å². The maximum absolute atomic E-state index is 13.4. The summed E-state index contributed by atoms with van der Waals surface area (Å²) >= 11 is 5.33. The van der Waals surface area contributed by atoms with Gasteiger partial charge in [-0.3, -0.25) is 0 Å². The molecule has 0 radical (unpaired) electrons. The molecule has 0 bridgehead atoms. The van der Waals surface area contributed by atoms with E-state index in [1.54, 1.807) is 12.1 Å². The molecule has 1 unspecified atom stereocenters. The van der Waals surface area contributed by atoms with E-state index in [2.05, 4.69) is 52.4 Å². The van der Waals surface area contributed by atoms with Crippen LogP contribution in [0, 0.1) is 5.82 Å². The summed E-state index contributed by atoms with van der Waals surface area (Å²) in [6.07, 6.45) is 0.745. The number of hydrogen-bond donors (Lipinski definition) is 1. The minimum atomic E-state index is -0.197. The smallest absolute Gasteiger partial charge is 0.123 e. The van der Waals surface area contributed by atoms with E-state index in [4.69, 9.17) is 0 Å². The minimum absolute atomic E-state index is 0.170. The Balaban J connectivity index is 2.17. The molecule has 2 aromatic carbocycles. The first-order chi connectivity index (χ1) is 10.1. The van der Waals surface area contributed by atoms with Crippen molar-refractivity contribution < 1.29 is 4.39 Å². The van der Waals surface area contributed by atoms with Gasteiger partial charge >= 0.3 is 0 Å². The zero-order valence-corrected chi connectivity index (χ0v) is 14.6. The number of rotatable bonds is 6. The zero-order chi connectivity index (χ0) is 15.2. The third kappa shape index (κ3) is 4.56. The number of benzene rings is 2. The fourth-order valence-electron chi connectivity index (χ4n) is 2.27. The first-order valence-corrected chi connectivity index (χ1v) is 8.76. The fraction of sp³-hybridized carbons (Fsp3) is 0.294. The monoisotopic (exact) mass is 367 g/mol. The Morgan fingerprint density at radius 1 is 1.19 bits per heavy atom. The van der Waals surface area contributed by atoms with Gasteiger partial charge < -0.3 is 5.32 Å². The van der Waals surface area contributed by atoms with Gasteiger partial charge in [0, 0.05) is 15.4 Å². The maximum Gasteiger partial charge on any atom is 0.123 e. The van der Waals surface area contributed by atoms with Crippen LogP contribution in [0.3, 0.4) is 0 Å². The van der Waals surface area contributed by atoms with Crippen LogP contribution >= 0.6 is 27.7 Å². The van der Waals surface area contributed by atoms with Gasteiger partial charge in [0.15, 0.2) is 0 Å². The molecule has 0 aliphatic heterocycles. The summed E-state index contributed by atoms with van der Waals surface area (Å²) in [4.78, 5) is 1.28. The van der Waals surface area contributed by atoms with Gasteiger partial charge in [-0.25, -0.2) is 4.39 Å². The van der Waals surface area contributed by atoms with Crippen molar-refractivity contribution in [3.8, 4) is 0 Å². The highest BCUT2D eigenvalue weighted by molar-refractivity contribution is 9.10. The van der Waals surface area contributed by atoms with Gasteiger partial charge in [-0.2, -0.15) is 0 Å². The predicted molar refractivity (Wildman–Crippen MR) is 92.4 cm³/mol. The first-order valence-electron chi connectivity index (χ1n) is 6.98. The Kier molecular flexibility index (Phi) is 6.27. The van der Waals surface area contributed by atoms with Gasteiger partial charge in [0.05, 0.1) is 0 Å². The lowest BCUT2D eigenvalue weighted by Gasteiger charge is -2.18. The average Bonchev–Trinajstić information content (AvgIpc) is 2.49. The highest BCUT2D eigenvalue weighted by Crippen LogP contribution is 2.26. The topological polar surface area (TPSA) is 12.0 Å². The Labute approximate surface area is 138 Å². The highest BCUT2D eigenvalue weighted by Gasteiger charge is 2.12. The Bertz CT molecular complexity index is 586. The van der Waals surface area contributed by atoms with Gasteiger partial charge in [0.25, 0.3) is 0 Å². The van der Waals surface area contributed by atoms with Crippen molar-refractivity contribution >= 4 is 27.7 Å². The van der Waals surface area contributed by atoms with E-state index in [0.717, 1.165) is 22.2 Å². The van der Waals surface area contributed by atoms with Gasteiger partial charge in [0.2, 0.25) is 0 Å². The first kappa shape index (κ1) is 16.5. The Hall–Kier alpha value is -0.840. The molecule has 1 nitrogen and oxygen atoms in total. The van der Waals surface area contributed by atoms with Crippen molar-refractivity contribution in [1.82, 2.24) is 5.32 Å². The van der Waals surface area contributed by atoms with Crippen molar-refractivity contribution in [1.29, 1.82) is 0 Å². The molecular weight excluding hydrogens is 349 g/mol. The molecule has 0 spiro atoms. The largest absolute Gasteiger partial charge is 0.313 e. The molecular formula is C17H19BrFNS. The zero-order valence-electron chi connectivity index (χ0n) is 12.2. The van der Waals surface area contributed by atoms with Crippen molar-refractivity contribution in [2.24, 2.45) is 0 Å². The molecule has 0 aromatic heterocycles. The molecule has 0 amide bonds. The fourth-order valence-corrected chi connectivity index (χ4v) is 3.34. The Morgan fingerprint density at radius 3 is 2.52 bits per heavy atom. The van der Waals surface area contributed by atoms with Crippen LogP contribution in [0.15, 0.2) is 51.8 Å². The lowest BCUT2D eigenvalue weighted by atomic mass is 9.99. The molecule has 0 aliphatic rings. The van der Waals surface area contributed by atoms with Gasteiger partial charge in [0.1, 0.15) is 5.82 Å². The number of hydrogen-bond acceptors (Lipinski definition) is 2. The van der Waals surface area contributed by atoms with Crippen LogP contribution in [-0.4, -0.2) is 12.8 Å². The van der Waals surface area contributed by atoms with Crippen molar-refractivity contribution in [3.63, 3.8) is 0 Å². The molecule has 21 heavy (non-hydrogen) atoms. The summed E-state index contributed by atoms with van der Waals surface area (Å²) < 4.78 is 14.3. The molecule has 2 rings (SSSR count). The van der Waals surface area contributed by atoms with E-state index in [1.165, 1.54) is 16.5 Å². The minimum Gasteiger partial charge on any atom is -0.313 e. The summed E-state index contributed by atoms with van der Waals surface area (Å²) in [7, 11) is 1.94. The van der Waals surface area contributed by atoms with E-state index < -0.39 is 0 Å². The molecule has 2 aromatic rings. The number of halogens is 2. The molecule has 0 heterocycles. The molecule has 1 N–H and O–H groups in total. The lowest BCUT2D eigenvalue weighted by Crippen LogP contribution is -2.19. The summed E-state index contributed by atoms with van der Waals surface area (Å²) in [5.41, 5.74) is 2.19. The third-order valence-corrected chi connectivity index (χ3v) is 5.04. The van der Waals surface area contributed by atoms with Crippen molar-refractivity contribution in [2.45, 2.75) is 24.3 Å². The molecule has 112 valence electrons. The summed E-state index contributed by atoms with van der Waals surface area (Å²) in [6, 6.07) is 13.6. The van der Waals surface area contributed by atoms with E-state index >= 15 is 0 Å². The van der Waals surface area contributed by atoms with Crippen LogP contribution in [0.1, 0.15) is 24.1 Å². The van der Waals surface area contributed by atoms with Gasteiger partial charge in [-0.1, -0.05) is 35.0 Å². The summed E-state index contributed by atoms with van der Waals surface area (Å²) in [5, 5.41) is 3.31. The normalized spacial score (nSPS) is 12.4. The van der Waals surface area contributed by atoms with Crippen LogP contribution in [-0.2, 0) is 6.42 Å². The standard InChI is InChI=1S/C17H19BrFNS/c1-3-21-15-7-4-12(5-8-15)17(20-2)11-13-10-14(19)6-9-16(13)18/h4-10,17,20H,3,11H2,1-2H3. The molecule has 0 aliphatic carbocycles. The molecule has 0 saturated carbocycles. The number of nitrogens with one attached hydrogen (secondary N) is 1. The summed E-state index contributed by atoms with van der Waals surface area (Å²) in [5.74, 6) is 0.878. The SMILES string of the molecule is CCSc1ccc(C(Cc2cc(F)ccc2Br)NC)cc1. The quantitative estimate of drug-likeness (QED) is 0.703. The Morgan fingerprint density at radius 2 is 1.90 bits per heavy atom. The van der Waals surface area contributed by atoms with Crippen LogP contribution in [0.5, 0.6) is 0 Å². The van der Waals surface area contributed by atoms with Crippen LogP contribution < -0.4 is 5.32 Å². The van der Waals surface area contributed by atoms with Crippen molar-refractivity contribution in [3.05, 3.63) is 63.9 Å². The second-order valence-electron chi connectivity index (χ2n) is 4.78. The molecule has 4 heteroatoms. The highest BCUT2D eigenvalue weighted by atomic mass is 79.9. The second kappa shape index (κ2) is 7.97. The van der Waals surface area contributed by atoms with E-state index in [-0.39, 0.29) is 11.9 Å². The van der Waals surface area contributed by atoms with E-state index in [1.807, 2.05) is 18.8 Å². The van der Waals surface area contributed by atoms with Crippen LogP contribution in [0.4, 0.5) is 4.39 Å². The molecule has 1 atom stereocenters. The van der Waals surface area contributed by atoms with E-state index in [0.29, 0.717) is 0 Å². The lowest BCUT2D eigenvalue weighted by molar-refractivity contribution is 0.582. The van der Waals surface area contributed by atoms with Crippen molar-refractivity contribution in [2.75, 3.05) is 12.8 Å². The number of likely N-dealkylation sites (N-methyl/N-ethyl adjacent to an activating group) is 1. The van der Waals surface area contributed by atoms with Gasteiger partial charge in [-0.15, -0.1) is 11.8 Å².